The molecule has 1 aliphatic heterocycles. The van der Waals surface area contributed by atoms with E-state index in [0.717, 1.165) is 5.56 Å². The molecule has 1 N–H and O–H groups in total. The summed E-state index contributed by atoms with van der Waals surface area (Å²) in [5.74, 6) is 0.458. The van der Waals surface area contributed by atoms with E-state index in [-0.39, 0.29) is 16.8 Å². The summed E-state index contributed by atoms with van der Waals surface area (Å²) < 4.78 is 32.9. The third-order valence-electron chi connectivity index (χ3n) is 5.14. The van der Waals surface area contributed by atoms with Gasteiger partial charge in [-0.15, -0.1) is 0 Å². The molecule has 0 spiro atoms. The number of anilines is 2. The second kappa shape index (κ2) is 7.84. The molecule has 0 saturated heterocycles. The minimum Gasteiger partial charge on any atom is -0.497 e. The predicted octanol–water partition coefficient (Wildman–Crippen LogP) is 4.09. The Morgan fingerprint density at radius 3 is 2.40 bits per heavy atom. The largest absolute Gasteiger partial charge is 0.497 e. The number of hydrogen-bond donors (Lipinski definition) is 1. The molecule has 7 heteroatoms. The molecule has 0 radical (unpaired) electrons. The lowest BCUT2D eigenvalue weighted by Crippen LogP contribution is -2.35. The minimum atomic E-state index is -3.67. The highest BCUT2D eigenvalue weighted by Crippen LogP contribution is 2.37. The number of ether oxygens (including phenoxy) is 1. The Balaban J connectivity index is 1.60. The van der Waals surface area contributed by atoms with Crippen molar-refractivity contribution in [3.63, 3.8) is 0 Å². The van der Waals surface area contributed by atoms with Gasteiger partial charge in [0.15, 0.2) is 0 Å². The summed E-state index contributed by atoms with van der Waals surface area (Å²) in [4.78, 5) is 12.9. The van der Waals surface area contributed by atoms with E-state index >= 15 is 0 Å². The van der Waals surface area contributed by atoms with Crippen molar-refractivity contribution < 1.29 is 17.9 Å². The summed E-state index contributed by atoms with van der Waals surface area (Å²) in [6.45, 7) is 1.87. The van der Waals surface area contributed by atoms with Crippen LogP contribution in [0.25, 0.3) is 0 Å². The van der Waals surface area contributed by atoms with Crippen molar-refractivity contribution in [3.8, 4) is 5.75 Å². The molecule has 0 aliphatic carbocycles. The number of amides is 1. The van der Waals surface area contributed by atoms with Gasteiger partial charge in [0.05, 0.1) is 17.7 Å². The second-order valence-corrected chi connectivity index (χ2v) is 9.01. The molecule has 0 bridgehead atoms. The Kier molecular flexibility index (Phi) is 5.22. The molecule has 0 fully saturated rings. The molecule has 154 valence electrons. The molecule has 0 saturated carbocycles. The first-order chi connectivity index (χ1) is 14.4. The summed E-state index contributed by atoms with van der Waals surface area (Å²) in [5, 5.41) is 2.85. The zero-order chi connectivity index (χ0) is 21.3. The fourth-order valence-corrected chi connectivity index (χ4v) is 5.41. The van der Waals surface area contributed by atoms with E-state index in [1.807, 2.05) is 6.92 Å². The third-order valence-corrected chi connectivity index (χ3v) is 7.09. The molecule has 1 heterocycles. The lowest BCUT2D eigenvalue weighted by atomic mass is 10.1. The van der Waals surface area contributed by atoms with E-state index in [9.17, 15) is 13.2 Å². The topological polar surface area (TPSA) is 75.7 Å². The Labute approximate surface area is 176 Å². The third kappa shape index (κ3) is 3.64. The van der Waals surface area contributed by atoms with Crippen LogP contribution in [0, 0.1) is 0 Å². The van der Waals surface area contributed by atoms with Gasteiger partial charge >= 0.3 is 0 Å². The van der Waals surface area contributed by atoms with Crippen LogP contribution in [-0.2, 0) is 16.4 Å². The van der Waals surface area contributed by atoms with Crippen molar-refractivity contribution in [2.75, 3.05) is 16.7 Å². The maximum Gasteiger partial charge on any atom is 0.264 e. The van der Waals surface area contributed by atoms with Gasteiger partial charge in [-0.2, -0.15) is 0 Å². The minimum absolute atomic E-state index is 0.231. The molecule has 30 heavy (non-hydrogen) atoms. The molecular weight excluding hydrogens is 400 g/mol. The van der Waals surface area contributed by atoms with Crippen molar-refractivity contribution in [2.24, 2.45) is 0 Å². The molecule has 3 aromatic rings. The fraction of sp³-hybridized carbons (Fsp3) is 0.174. The number of methoxy groups -OCH3 is 1. The average molecular weight is 423 g/mol. The van der Waals surface area contributed by atoms with Crippen LogP contribution in [0.3, 0.4) is 0 Å². The Morgan fingerprint density at radius 2 is 1.73 bits per heavy atom. The SMILES string of the molecule is COc1ccc(NC(=O)c2ccc3c(c2)C[C@H](C)N3S(=O)(=O)c2ccccc2)cc1. The van der Waals surface area contributed by atoms with Crippen LogP contribution in [0.5, 0.6) is 5.75 Å². The van der Waals surface area contributed by atoms with Crippen LogP contribution in [0.4, 0.5) is 11.4 Å². The van der Waals surface area contributed by atoms with Gasteiger partial charge in [0, 0.05) is 17.3 Å². The molecular formula is C23H22N2O4S. The molecule has 3 aromatic carbocycles. The van der Waals surface area contributed by atoms with Crippen LogP contribution in [0.1, 0.15) is 22.8 Å². The summed E-state index contributed by atoms with van der Waals surface area (Å²) in [5.41, 5.74) is 2.59. The lowest BCUT2D eigenvalue weighted by Gasteiger charge is -2.24. The number of nitrogens with one attached hydrogen (secondary N) is 1. The van der Waals surface area contributed by atoms with E-state index in [0.29, 0.717) is 29.1 Å². The zero-order valence-corrected chi connectivity index (χ0v) is 17.5. The second-order valence-electron chi connectivity index (χ2n) is 7.19. The normalized spacial score (nSPS) is 15.5. The van der Waals surface area contributed by atoms with E-state index in [4.69, 9.17) is 4.74 Å². The van der Waals surface area contributed by atoms with Crippen LogP contribution in [0.15, 0.2) is 77.7 Å². The van der Waals surface area contributed by atoms with Crippen LogP contribution in [-0.4, -0.2) is 27.5 Å². The zero-order valence-electron chi connectivity index (χ0n) is 16.7. The number of fused-ring (bicyclic) bond motifs is 1. The number of carbonyl (C=O) groups is 1. The highest BCUT2D eigenvalue weighted by atomic mass is 32.2. The van der Waals surface area contributed by atoms with Crippen LogP contribution < -0.4 is 14.4 Å². The van der Waals surface area contributed by atoms with Crippen LogP contribution >= 0.6 is 0 Å². The molecule has 4 rings (SSSR count). The highest BCUT2D eigenvalue weighted by Gasteiger charge is 2.36. The molecule has 1 amide bonds. The van der Waals surface area contributed by atoms with Crippen molar-refractivity contribution >= 4 is 27.3 Å². The first kappa shape index (κ1) is 20.0. The molecule has 0 aromatic heterocycles. The van der Waals surface area contributed by atoms with E-state index in [2.05, 4.69) is 5.32 Å². The summed E-state index contributed by atoms with van der Waals surface area (Å²) in [6.07, 6.45) is 0.547. The molecule has 6 nitrogen and oxygen atoms in total. The number of benzene rings is 3. The maximum atomic E-state index is 13.2. The first-order valence-electron chi connectivity index (χ1n) is 9.58. The fourth-order valence-electron chi connectivity index (χ4n) is 3.69. The summed E-state index contributed by atoms with van der Waals surface area (Å²) in [7, 11) is -2.08. The maximum absolute atomic E-state index is 13.2. The molecule has 1 aliphatic rings. The van der Waals surface area contributed by atoms with E-state index < -0.39 is 10.0 Å². The summed E-state index contributed by atoms with van der Waals surface area (Å²) in [6, 6.07) is 20.4. The van der Waals surface area contributed by atoms with Gasteiger partial charge in [-0.25, -0.2) is 8.42 Å². The Hall–Kier alpha value is -3.32. The number of hydrogen-bond acceptors (Lipinski definition) is 4. The van der Waals surface area contributed by atoms with Gasteiger partial charge in [0.1, 0.15) is 5.75 Å². The van der Waals surface area contributed by atoms with Crippen molar-refractivity contribution in [3.05, 3.63) is 83.9 Å². The van der Waals surface area contributed by atoms with Gasteiger partial charge in [-0.05, 0) is 73.5 Å². The van der Waals surface area contributed by atoms with Gasteiger partial charge < -0.3 is 10.1 Å². The van der Waals surface area contributed by atoms with Gasteiger partial charge in [-0.1, -0.05) is 18.2 Å². The van der Waals surface area contributed by atoms with Gasteiger partial charge in [-0.3, -0.25) is 9.10 Å². The number of rotatable bonds is 5. The predicted molar refractivity (Wildman–Crippen MR) is 117 cm³/mol. The highest BCUT2D eigenvalue weighted by molar-refractivity contribution is 7.92. The molecule has 0 unspecified atom stereocenters. The van der Waals surface area contributed by atoms with E-state index in [1.54, 1.807) is 79.9 Å². The number of nitrogens with zero attached hydrogens (tertiary/aromatic N) is 1. The number of carbonyl (C=O) groups excluding carboxylic acids is 1. The number of sulfonamides is 1. The van der Waals surface area contributed by atoms with Gasteiger partial charge in [0.2, 0.25) is 0 Å². The lowest BCUT2D eigenvalue weighted by molar-refractivity contribution is 0.102. The quantitative estimate of drug-likeness (QED) is 0.672. The first-order valence-corrected chi connectivity index (χ1v) is 11.0. The smallest absolute Gasteiger partial charge is 0.264 e. The standard InChI is InChI=1S/C23H22N2O4S/c1-16-14-18-15-17(23(26)24-19-9-11-20(29-2)12-10-19)8-13-22(18)25(16)30(27,28)21-6-4-3-5-7-21/h3-13,15-16H,14H2,1-2H3,(H,24,26)/t16-/m0/s1. The summed E-state index contributed by atoms with van der Waals surface area (Å²) >= 11 is 0. The molecule has 1 atom stereocenters. The monoisotopic (exact) mass is 422 g/mol. The van der Waals surface area contributed by atoms with Crippen molar-refractivity contribution in [1.29, 1.82) is 0 Å². The Bertz CT molecular complexity index is 1180. The van der Waals surface area contributed by atoms with Crippen molar-refractivity contribution in [1.82, 2.24) is 0 Å². The van der Waals surface area contributed by atoms with E-state index in [1.165, 1.54) is 4.31 Å². The van der Waals surface area contributed by atoms with Crippen LogP contribution in [0.2, 0.25) is 0 Å². The average Bonchev–Trinajstić information content (AvgIpc) is 3.10. The Morgan fingerprint density at radius 1 is 1.03 bits per heavy atom. The van der Waals surface area contributed by atoms with Crippen molar-refractivity contribution in [2.45, 2.75) is 24.3 Å². The van der Waals surface area contributed by atoms with Gasteiger partial charge in [0.25, 0.3) is 15.9 Å².